The Morgan fingerprint density at radius 3 is 1.93 bits per heavy atom. The standard InChI is InChI=1S/C20H30O5S.Na.H/c21-26(22,23)20-12-11-18(24-14-16-7-3-1-4-8-16)13-19(20)25-15-17-9-5-2-6-10-17;;/h11-13,16-17H,1-10,14-15H2,(H,21,22,23);;/q;+1;-1. The summed E-state index contributed by atoms with van der Waals surface area (Å²) in [7, 11) is -4.32. The SMILES string of the molecule is O=S(=O)(O)c1ccc(OCC2CCCCC2)cc1OCC1CCCCC1.[H-].[Na+]. The van der Waals surface area contributed by atoms with E-state index in [-0.39, 0.29) is 41.6 Å². The molecule has 0 aromatic heterocycles. The quantitative estimate of drug-likeness (QED) is 0.554. The molecule has 2 saturated carbocycles. The molecule has 0 aliphatic heterocycles. The van der Waals surface area contributed by atoms with Crippen molar-refractivity contribution in [1.82, 2.24) is 0 Å². The van der Waals surface area contributed by atoms with E-state index < -0.39 is 10.1 Å². The maximum Gasteiger partial charge on any atom is 1.00 e. The first kappa shape index (κ1) is 23.0. The number of rotatable bonds is 7. The van der Waals surface area contributed by atoms with Crippen molar-refractivity contribution in [3.05, 3.63) is 18.2 Å². The van der Waals surface area contributed by atoms with Crippen molar-refractivity contribution in [2.75, 3.05) is 13.2 Å². The van der Waals surface area contributed by atoms with Gasteiger partial charge in [-0.1, -0.05) is 38.5 Å². The van der Waals surface area contributed by atoms with Crippen molar-refractivity contribution in [1.29, 1.82) is 0 Å². The average Bonchev–Trinajstić information content (AvgIpc) is 2.65. The smallest absolute Gasteiger partial charge is 1.00 e. The third kappa shape index (κ3) is 7.24. The van der Waals surface area contributed by atoms with Crippen LogP contribution in [-0.2, 0) is 10.1 Å². The van der Waals surface area contributed by atoms with Gasteiger partial charge in [0.1, 0.15) is 16.4 Å². The summed E-state index contributed by atoms with van der Waals surface area (Å²) in [6.07, 6.45) is 12.1. The zero-order valence-corrected chi connectivity index (χ0v) is 19.2. The molecule has 3 rings (SSSR count). The van der Waals surface area contributed by atoms with Gasteiger partial charge in [-0.25, -0.2) is 0 Å². The first-order chi connectivity index (χ1) is 12.5. The molecule has 0 heterocycles. The minimum atomic E-state index is -4.32. The van der Waals surface area contributed by atoms with E-state index in [1.807, 2.05) is 0 Å². The van der Waals surface area contributed by atoms with Gasteiger partial charge in [0.15, 0.2) is 0 Å². The van der Waals surface area contributed by atoms with Crippen molar-refractivity contribution in [3.63, 3.8) is 0 Å². The fourth-order valence-corrected chi connectivity index (χ4v) is 4.65. The zero-order valence-electron chi connectivity index (χ0n) is 17.4. The van der Waals surface area contributed by atoms with Crippen LogP contribution in [0.5, 0.6) is 11.5 Å². The topological polar surface area (TPSA) is 72.8 Å². The molecule has 0 saturated heterocycles. The number of benzene rings is 1. The average molecular weight is 407 g/mol. The van der Waals surface area contributed by atoms with Crippen molar-refractivity contribution < 1.29 is 53.4 Å². The number of ether oxygens (including phenoxy) is 2. The minimum absolute atomic E-state index is 0. The molecule has 0 unspecified atom stereocenters. The maximum atomic E-state index is 11.7. The van der Waals surface area contributed by atoms with Crippen molar-refractivity contribution in [3.8, 4) is 11.5 Å². The van der Waals surface area contributed by atoms with Gasteiger partial charge in [-0.15, -0.1) is 0 Å². The Morgan fingerprint density at radius 1 is 0.889 bits per heavy atom. The molecule has 2 aliphatic carbocycles. The Morgan fingerprint density at radius 2 is 1.41 bits per heavy atom. The summed E-state index contributed by atoms with van der Waals surface area (Å²) in [5.41, 5.74) is 0. The molecule has 7 heteroatoms. The fraction of sp³-hybridized carbons (Fsp3) is 0.700. The van der Waals surface area contributed by atoms with Gasteiger partial charge in [0.2, 0.25) is 0 Å². The van der Waals surface area contributed by atoms with E-state index in [4.69, 9.17) is 9.47 Å². The van der Waals surface area contributed by atoms with E-state index in [0.717, 1.165) is 12.8 Å². The van der Waals surface area contributed by atoms with Crippen LogP contribution in [0.2, 0.25) is 0 Å². The third-order valence-corrected chi connectivity index (χ3v) is 6.50. The van der Waals surface area contributed by atoms with Crippen molar-refractivity contribution in [2.45, 2.75) is 69.1 Å². The predicted octanol–water partition coefficient (Wildman–Crippen LogP) is 1.97. The Hall–Kier alpha value is -0.270. The molecule has 0 spiro atoms. The largest absolute Gasteiger partial charge is 1.00 e. The van der Waals surface area contributed by atoms with Gasteiger partial charge < -0.3 is 10.9 Å². The first-order valence-electron chi connectivity index (χ1n) is 9.89. The molecule has 2 fully saturated rings. The molecule has 148 valence electrons. The van der Waals surface area contributed by atoms with Crippen LogP contribution in [0, 0.1) is 11.8 Å². The summed E-state index contributed by atoms with van der Waals surface area (Å²) < 4.78 is 44.5. The Labute approximate surface area is 186 Å². The van der Waals surface area contributed by atoms with E-state index in [9.17, 15) is 13.0 Å². The summed E-state index contributed by atoms with van der Waals surface area (Å²) >= 11 is 0. The van der Waals surface area contributed by atoms with Crippen LogP contribution in [0.1, 0.15) is 65.6 Å². The first-order valence-corrected chi connectivity index (χ1v) is 11.3. The van der Waals surface area contributed by atoms with E-state index in [1.165, 1.54) is 57.4 Å². The van der Waals surface area contributed by atoms with Gasteiger partial charge in [-0.3, -0.25) is 4.55 Å². The van der Waals surface area contributed by atoms with Gasteiger partial charge in [-0.05, 0) is 49.7 Å². The minimum Gasteiger partial charge on any atom is -1.00 e. The fourth-order valence-electron chi connectivity index (χ4n) is 4.03. The van der Waals surface area contributed by atoms with Crippen molar-refractivity contribution in [2.24, 2.45) is 11.8 Å². The van der Waals surface area contributed by atoms with Gasteiger partial charge in [0, 0.05) is 6.07 Å². The molecule has 0 amide bonds. The monoisotopic (exact) mass is 406 g/mol. The van der Waals surface area contributed by atoms with Gasteiger partial charge >= 0.3 is 29.6 Å². The second-order valence-electron chi connectivity index (χ2n) is 7.71. The number of hydrogen-bond donors (Lipinski definition) is 1. The third-order valence-electron chi connectivity index (χ3n) is 5.60. The Bertz CT molecular complexity index is 686. The second kappa shape index (κ2) is 11.1. The van der Waals surface area contributed by atoms with Gasteiger partial charge in [0.05, 0.1) is 13.2 Å². The normalized spacial score (nSPS) is 19.3. The van der Waals surface area contributed by atoms with Crippen LogP contribution in [0.4, 0.5) is 0 Å². The molecular formula is C20H31NaO5S. The molecule has 1 aromatic rings. The Balaban J connectivity index is 0.00000196. The van der Waals surface area contributed by atoms with Crippen molar-refractivity contribution >= 4 is 10.1 Å². The molecule has 27 heavy (non-hydrogen) atoms. The summed E-state index contributed by atoms with van der Waals surface area (Å²) in [4.78, 5) is -0.182. The summed E-state index contributed by atoms with van der Waals surface area (Å²) in [6, 6.07) is 4.58. The summed E-state index contributed by atoms with van der Waals surface area (Å²) in [5.74, 6) is 1.81. The molecule has 1 aromatic carbocycles. The zero-order chi connectivity index (χ0) is 18.4. The van der Waals surface area contributed by atoms with Crippen LogP contribution in [0.25, 0.3) is 0 Å². The molecule has 0 atom stereocenters. The van der Waals surface area contributed by atoms with Crippen LogP contribution in [0.15, 0.2) is 23.1 Å². The second-order valence-corrected chi connectivity index (χ2v) is 9.10. The van der Waals surface area contributed by atoms with Gasteiger partial charge in [0.25, 0.3) is 10.1 Å². The van der Waals surface area contributed by atoms with E-state index >= 15 is 0 Å². The molecule has 5 nitrogen and oxygen atoms in total. The van der Waals surface area contributed by atoms with E-state index in [2.05, 4.69) is 0 Å². The molecular weight excluding hydrogens is 375 g/mol. The van der Waals surface area contributed by atoms with Gasteiger partial charge in [-0.2, -0.15) is 8.42 Å². The van der Waals surface area contributed by atoms with Crippen LogP contribution in [-0.4, -0.2) is 26.2 Å². The number of hydrogen-bond acceptors (Lipinski definition) is 4. The molecule has 1 N–H and O–H groups in total. The molecule has 2 aliphatic rings. The molecule has 0 radical (unpaired) electrons. The summed E-state index contributed by atoms with van der Waals surface area (Å²) in [6.45, 7) is 1.13. The Kier molecular flexibility index (Phi) is 9.42. The van der Waals surface area contributed by atoms with Crippen LogP contribution >= 0.6 is 0 Å². The molecule has 0 bridgehead atoms. The van der Waals surface area contributed by atoms with E-state index in [1.54, 1.807) is 12.1 Å². The van der Waals surface area contributed by atoms with Crippen LogP contribution in [0.3, 0.4) is 0 Å². The predicted molar refractivity (Wildman–Crippen MR) is 102 cm³/mol. The maximum absolute atomic E-state index is 11.7. The summed E-state index contributed by atoms with van der Waals surface area (Å²) in [5, 5.41) is 0. The van der Waals surface area contributed by atoms with Crippen LogP contribution < -0.4 is 39.0 Å². The van der Waals surface area contributed by atoms with E-state index in [0.29, 0.717) is 30.8 Å².